The van der Waals surface area contributed by atoms with Crippen LogP contribution in [0.1, 0.15) is 15.9 Å². The maximum absolute atomic E-state index is 12.4. The van der Waals surface area contributed by atoms with Gasteiger partial charge in [-0.25, -0.2) is 4.98 Å². The van der Waals surface area contributed by atoms with Crippen molar-refractivity contribution in [2.45, 2.75) is 6.61 Å². The van der Waals surface area contributed by atoms with Gasteiger partial charge in [0.05, 0.1) is 5.56 Å². The van der Waals surface area contributed by atoms with Gasteiger partial charge in [0.15, 0.2) is 5.13 Å². The van der Waals surface area contributed by atoms with E-state index < -0.39 is 0 Å². The molecular formula is C17H13ClN2O2S. The number of amides is 1. The summed E-state index contributed by atoms with van der Waals surface area (Å²) >= 11 is 7.48. The molecule has 0 unspecified atom stereocenters. The van der Waals surface area contributed by atoms with Gasteiger partial charge >= 0.3 is 0 Å². The summed E-state index contributed by atoms with van der Waals surface area (Å²) in [5.74, 6) is 0.246. The fourth-order valence-corrected chi connectivity index (χ4v) is 2.71. The van der Waals surface area contributed by atoms with E-state index in [9.17, 15) is 4.79 Å². The van der Waals surface area contributed by atoms with E-state index in [1.165, 1.54) is 11.3 Å². The number of thiazole rings is 1. The van der Waals surface area contributed by atoms with E-state index >= 15 is 0 Å². The standard InChI is InChI=1S/C17H13ClN2O2S/c18-14-7-3-1-5-12(14)11-22-15-8-4-2-6-13(15)16(21)20-17-19-9-10-23-17/h1-10H,11H2,(H,19,20,21). The number of para-hydroxylation sites is 1. The molecule has 6 heteroatoms. The van der Waals surface area contributed by atoms with Crippen LogP contribution in [0.2, 0.25) is 5.02 Å². The minimum Gasteiger partial charge on any atom is -0.488 e. The molecule has 0 spiro atoms. The molecule has 3 aromatic rings. The first-order valence-electron chi connectivity index (χ1n) is 6.90. The van der Waals surface area contributed by atoms with Crippen LogP contribution in [-0.4, -0.2) is 10.9 Å². The summed E-state index contributed by atoms with van der Waals surface area (Å²) in [6.07, 6.45) is 1.64. The summed E-state index contributed by atoms with van der Waals surface area (Å²) in [6.45, 7) is 0.293. The number of hydrogen-bond acceptors (Lipinski definition) is 4. The third-order valence-electron chi connectivity index (χ3n) is 3.13. The summed E-state index contributed by atoms with van der Waals surface area (Å²) in [6, 6.07) is 14.5. The van der Waals surface area contributed by atoms with Crippen molar-refractivity contribution >= 4 is 34.0 Å². The second-order valence-electron chi connectivity index (χ2n) is 4.67. The lowest BCUT2D eigenvalue weighted by atomic mass is 10.2. The van der Waals surface area contributed by atoms with E-state index in [1.54, 1.807) is 35.8 Å². The molecule has 0 atom stereocenters. The lowest BCUT2D eigenvalue weighted by Crippen LogP contribution is -2.13. The fourth-order valence-electron chi connectivity index (χ4n) is 2.00. The molecule has 116 valence electrons. The van der Waals surface area contributed by atoms with Crippen LogP contribution < -0.4 is 10.1 Å². The molecule has 23 heavy (non-hydrogen) atoms. The Labute approximate surface area is 142 Å². The highest BCUT2D eigenvalue weighted by atomic mass is 35.5. The van der Waals surface area contributed by atoms with E-state index in [-0.39, 0.29) is 5.91 Å². The first-order valence-corrected chi connectivity index (χ1v) is 8.16. The number of benzene rings is 2. The number of ether oxygens (including phenoxy) is 1. The molecule has 1 aromatic heterocycles. The van der Waals surface area contributed by atoms with Crippen molar-refractivity contribution in [2.75, 3.05) is 5.32 Å². The maximum atomic E-state index is 12.4. The van der Waals surface area contributed by atoms with Gasteiger partial charge in [0.1, 0.15) is 12.4 Å². The summed E-state index contributed by atoms with van der Waals surface area (Å²) in [5.41, 5.74) is 1.32. The van der Waals surface area contributed by atoms with Crippen LogP contribution in [0.25, 0.3) is 0 Å². The number of carbonyl (C=O) groups is 1. The van der Waals surface area contributed by atoms with Crippen LogP contribution in [0.5, 0.6) is 5.75 Å². The Morgan fingerprint density at radius 1 is 1.17 bits per heavy atom. The molecule has 0 radical (unpaired) electrons. The third kappa shape index (κ3) is 3.88. The minimum absolute atomic E-state index is 0.255. The quantitative estimate of drug-likeness (QED) is 0.734. The molecule has 0 fully saturated rings. The Hall–Kier alpha value is -2.37. The van der Waals surface area contributed by atoms with Gasteiger partial charge in [-0.05, 0) is 18.2 Å². The number of anilines is 1. The normalized spacial score (nSPS) is 10.3. The predicted octanol–water partition coefficient (Wildman–Crippen LogP) is 4.63. The van der Waals surface area contributed by atoms with E-state index in [1.807, 2.05) is 24.3 Å². The van der Waals surface area contributed by atoms with Crippen LogP contribution in [0.15, 0.2) is 60.1 Å². The Morgan fingerprint density at radius 2 is 1.96 bits per heavy atom. The SMILES string of the molecule is O=C(Nc1nccs1)c1ccccc1OCc1ccccc1Cl. The number of halogens is 1. The average molecular weight is 345 g/mol. The van der Waals surface area contributed by atoms with Gasteiger partial charge in [-0.2, -0.15) is 0 Å². The maximum Gasteiger partial charge on any atom is 0.261 e. The molecule has 0 bridgehead atoms. The molecule has 0 aliphatic heterocycles. The van der Waals surface area contributed by atoms with E-state index in [0.717, 1.165) is 5.56 Å². The van der Waals surface area contributed by atoms with Crippen molar-refractivity contribution < 1.29 is 9.53 Å². The highest BCUT2D eigenvalue weighted by Gasteiger charge is 2.13. The second kappa shape index (κ2) is 7.26. The predicted molar refractivity (Wildman–Crippen MR) is 92.3 cm³/mol. The van der Waals surface area contributed by atoms with E-state index in [0.29, 0.717) is 28.1 Å². The number of hydrogen-bond donors (Lipinski definition) is 1. The van der Waals surface area contributed by atoms with Crippen molar-refractivity contribution in [1.82, 2.24) is 4.98 Å². The second-order valence-corrected chi connectivity index (χ2v) is 5.97. The van der Waals surface area contributed by atoms with Gasteiger partial charge in [0.2, 0.25) is 0 Å². The van der Waals surface area contributed by atoms with Crippen molar-refractivity contribution in [3.8, 4) is 5.75 Å². The summed E-state index contributed by atoms with van der Waals surface area (Å²) in [5, 5.41) is 5.74. The van der Waals surface area contributed by atoms with Crippen LogP contribution >= 0.6 is 22.9 Å². The zero-order valence-electron chi connectivity index (χ0n) is 12.0. The van der Waals surface area contributed by atoms with Crippen LogP contribution in [0.4, 0.5) is 5.13 Å². The molecular weight excluding hydrogens is 332 g/mol. The molecule has 2 aromatic carbocycles. The first kappa shape index (κ1) is 15.5. The van der Waals surface area contributed by atoms with Crippen molar-refractivity contribution in [3.63, 3.8) is 0 Å². The van der Waals surface area contributed by atoms with Crippen molar-refractivity contribution in [3.05, 3.63) is 76.3 Å². The first-order chi connectivity index (χ1) is 11.2. The van der Waals surface area contributed by atoms with E-state index in [2.05, 4.69) is 10.3 Å². The van der Waals surface area contributed by atoms with Gasteiger partial charge in [-0.3, -0.25) is 10.1 Å². The largest absolute Gasteiger partial charge is 0.488 e. The number of carbonyl (C=O) groups excluding carboxylic acids is 1. The lowest BCUT2D eigenvalue weighted by molar-refractivity contribution is 0.102. The highest BCUT2D eigenvalue weighted by molar-refractivity contribution is 7.13. The summed E-state index contributed by atoms with van der Waals surface area (Å²) in [4.78, 5) is 16.4. The summed E-state index contributed by atoms with van der Waals surface area (Å²) in [7, 11) is 0. The number of nitrogens with one attached hydrogen (secondary N) is 1. The van der Waals surface area contributed by atoms with Crippen molar-refractivity contribution in [1.29, 1.82) is 0 Å². The smallest absolute Gasteiger partial charge is 0.261 e. The summed E-state index contributed by atoms with van der Waals surface area (Å²) < 4.78 is 5.78. The van der Waals surface area contributed by atoms with Crippen LogP contribution in [0.3, 0.4) is 0 Å². The third-order valence-corrected chi connectivity index (χ3v) is 4.18. The van der Waals surface area contributed by atoms with Gasteiger partial charge in [0, 0.05) is 22.2 Å². The molecule has 3 rings (SSSR count). The Morgan fingerprint density at radius 3 is 2.74 bits per heavy atom. The molecule has 1 N–H and O–H groups in total. The monoisotopic (exact) mass is 344 g/mol. The molecule has 0 saturated heterocycles. The average Bonchev–Trinajstić information content (AvgIpc) is 3.07. The lowest BCUT2D eigenvalue weighted by Gasteiger charge is -2.11. The fraction of sp³-hybridized carbons (Fsp3) is 0.0588. The topological polar surface area (TPSA) is 51.2 Å². The van der Waals surface area contributed by atoms with Gasteiger partial charge < -0.3 is 4.74 Å². The van der Waals surface area contributed by atoms with Gasteiger partial charge in [-0.15, -0.1) is 11.3 Å². The molecule has 0 aliphatic rings. The molecule has 1 amide bonds. The molecule has 4 nitrogen and oxygen atoms in total. The number of aromatic nitrogens is 1. The van der Waals surface area contributed by atoms with Crippen molar-refractivity contribution in [2.24, 2.45) is 0 Å². The Kier molecular flexibility index (Phi) is 4.90. The zero-order chi connectivity index (χ0) is 16.1. The highest BCUT2D eigenvalue weighted by Crippen LogP contribution is 2.23. The molecule has 1 heterocycles. The minimum atomic E-state index is -0.255. The number of nitrogens with zero attached hydrogens (tertiary/aromatic N) is 1. The van der Waals surface area contributed by atoms with Gasteiger partial charge in [0.25, 0.3) is 5.91 Å². The van der Waals surface area contributed by atoms with Crippen LogP contribution in [0, 0.1) is 0 Å². The Bertz CT molecular complexity index is 806. The van der Waals surface area contributed by atoms with Gasteiger partial charge in [-0.1, -0.05) is 41.9 Å². The van der Waals surface area contributed by atoms with E-state index in [4.69, 9.17) is 16.3 Å². The molecule has 0 aliphatic carbocycles. The van der Waals surface area contributed by atoms with Crippen LogP contribution in [-0.2, 0) is 6.61 Å². The Balaban J connectivity index is 1.75. The zero-order valence-corrected chi connectivity index (χ0v) is 13.6. The number of rotatable bonds is 5. The molecule has 0 saturated carbocycles.